The highest BCUT2D eigenvalue weighted by Gasteiger charge is 2.09. The first-order chi connectivity index (χ1) is 8.26. The number of benzene rings is 1. The third kappa shape index (κ3) is 2.16. The number of rotatable bonds is 3. The fraction of sp³-hybridized carbons (Fsp3) is 0.182. The van der Waals surface area contributed by atoms with E-state index in [0.717, 1.165) is 11.4 Å². The van der Waals surface area contributed by atoms with Crippen molar-refractivity contribution < 1.29 is 9.53 Å². The summed E-state index contributed by atoms with van der Waals surface area (Å²) >= 11 is 0. The van der Waals surface area contributed by atoms with Gasteiger partial charge in [-0.05, 0) is 18.2 Å². The molecule has 0 unspecified atom stereocenters. The van der Waals surface area contributed by atoms with Gasteiger partial charge in [0.05, 0.1) is 30.3 Å². The molecule has 0 saturated carbocycles. The Morgan fingerprint density at radius 3 is 3.06 bits per heavy atom. The van der Waals surface area contributed by atoms with Crippen molar-refractivity contribution in [2.75, 3.05) is 7.11 Å². The summed E-state index contributed by atoms with van der Waals surface area (Å²) in [4.78, 5) is 11.4. The van der Waals surface area contributed by atoms with Crippen molar-refractivity contribution in [2.24, 2.45) is 5.73 Å². The number of hydrogen-bond acceptors (Lipinski definition) is 5. The van der Waals surface area contributed by atoms with Crippen LogP contribution in [0.4, 0.5) is 0 Å². The largest absolute Gasteiger partial charge is 0.465 e. The van der Waals surface area contributed by atoms with Gasteiger partial charge in [0, 0.05) is 6.54 Å². The van der Waals surface area contributed by atoms with Gasteiger partial charge in [0.2, 0.25) is 0 Å². The lowest BCUT2D eigenvalue weighted by molar-refractivity contribution is 0.0600. The molecule has 0 atom stereocenters. The topological polar surface area (TPSA) is 83.0 Å². The maximum absolute atomic E-state index is 11.4. The Kier molecular flexibility index (Phi) is 3.15. The average molecular weight is 232 g/mol. The molecule has 6 nitrogen and oxygen atoms in total. The summed E-state index contributed by atoms with van der Waals surface area (Å²) in [5.74, 6) is -0.388. The lowest BCUT2D eigenvalue weighted by Gasteiger charge is -2.06. The van der Waals surface area contributed by atoms with Gasteiger partial charge in [-0.2, -0.15) is 0 Å². The summed E-state index contributed by atoms with van der Waals surface area (Å²) < 4.78 is 6.25. The molecule has 0 amide bonds. The van der Waals surface area contributed by atoms with E-state index in [0.29, 0.717) is 12.1 Å². The molecule has 0 radical (unpaired) electrons. The molecule has 0 aliphatic rings. The first kappa shape index (κ1) is 11.3. The van der Waals surface area contributed by atoms with E-state index in [-0.39, 0.29) is 5.97 Å². The lowest BCUT2D eigenvalue weighted by atomic mass is 10.2. The SMILES string of the molecule is COC(=O)c1cccc(-n2nncc2CN)c1. The van der Waals surface area contributed by atoms with E-state index < -0.39 is 0 Å². The van der Waals surface area contributed by atoms with Crippen molar-refractivity contribution in [3.05, 3.63) is 41.7 Å². The maximum Gasteiger partial charge on any atom is 0.337 e. The highest BCUT2D eigenvalue weighted by Crippen LogP contribution is 2.12. The van der Waals surface area contributed by atoms with Crippen molar-refractivity contribution in [3.8, 4) is 5.69 Å². The minimum Gasteiger partial charge on any atom is -0.465 e. The van der Waals surface area contributed by atoms with Gasteiger partial charge in [0.1, 0.15) is 0 Å². The normalized spacial score (nSPS) is 10.2. The Labute approximate surface area is 98.0 Å². The average Bonchev–Trinajstić information content (AvgIpc) is 2.86. The monoisotopic (exact) mass is 232 g/mol. The summed E-state index contributed by atoms with van der Waals surface area (Å²) in [6, 6.07) is 6.93. The number of aromatic nitrogens is 3. The molecule has 88 valence electrons. The van der Waals surface area contributed by atoms with Crippen LogP contribution < -0.4 is 5.73 Å². The molecule has 0 bridgehead atoms. The second kappa shape index (κ2) is 4.75. The third-order valence-electron chi connectivity index (χ3n) is 2.34. The second-order valence-electron chi connectivity index (χ2n) is 3.38. The maximum atomic E-state index is 11.4. The van der Waals surface area contributed by atoms with Gasteiger partial charge in [-0.15, -0.1) is 5.10 Å². The predicted octanol–water partition coefficient (Wildman–Crippen LogP) is 0.513. The highest BCUT2D eigenvalue weighted by atomic mass is 16.5. The molecule has 1 heterocycles. The summed E-state index contributed by atoms with van der Waals surface area (Å²) in [5, 5.41) is 7.70. The molecule has 2 aromatic rings. The number of ether oxygens (including phenoxy) is 1. The van der Waals surface area contributed by atoms with Crippen molar-refractivity contribution in [2.45, 2.75) is 6.54 Å². The lowest BCUT2D eigenvalue weighted by Crippen LogP contribution is -2.08. The molecule has 17 heavy (non-hydrogen) atoms. The molecule has 1 aromatic carbocycles. The summed E-state index contributed by atoms with van der Waals surface area (Å²) in [6.07, 6.45) is 1.59. The van der Waals surface area contributed by atoms with Gasteiger partial charge in [-0.3, -0.25) is 0 Å². The smallest absolute Gasteiger partial charge is 0.337 e. The summed E-state index contributed by atoms with van der Waals surface area (Å²) in [6.45, 7) is 0.329. The van der Waals surface area contributed by atoms with Crippen LogP contribution in [0.25, 0.3) is 5.69 Å². The van der Waals surface area contributed by atoms with Gasteiger partial charge in [-0.1, -0.05) is 11.3 Å². The van der Waals surface area contributed by atoms with Crippen LogP contribution in [-0.2, 0) is 11.3 Å². The summed E-state index contributed by atoms with van der Waals surface area (Å²) in [5.41, 5.74) is 7.52. The van der Waals surface area contributed by atoms with Gasteiger partial charge in [0.25, 0.3) is 0 Å². The van der Waals surface area contributed by atoms with Gasteiger partial charge in [-0.25, -0.2) is 9.48 Å². The third-order valence-corrected chi connectivity index (χ3v) is 2.34. The van der Waals surface area contributed by atoms with E-state index in [2.05, 4.69) is 15.0 Å². The Hall–Kier alpha value is -2.21. The van der Waals surface area contributed by atoms with E-state index in [1.54, 1.807) is 29.1 Å². The van der Waals surface area contributed by atoms with E-state index in [9.17, 15) is 4.79 Å². The number of carbonyl (C=O) groups excluding carboxylic acids is 1. The zero-order valence-corrected chi connectivity index (χ0v) is 9.33. The Morgan fingerprint density at radius 2 is 2.35 bits per heavy atom. The number of carbonyl (C=O) groups is 1. The number of methoxy groups -OCH3 is 1. The fourth-order valence-electron chi connectivity index (χ4n) is 1.50. The van der Waals surface area contributed by atoms with Crippen LogP contribution in [0.3, 0.4) is 0 Å². The predicted molar refractivity (Wildman–Crippen MR) is 60.6 cm³/mol. The zero-order chi connectivity index (χ0) is 12.3. The van der Waals surface area contributed by atoms with Gasteiger partial charge < -0.3 is 10.5 Å². The number of esters is 1. The standard InChI is InChI=1S/C11H12N4O2/c1-17-11(16)8-3-2-4-9(5-8)15-10(6-12)7-13-14-15/h2-5,7H,6,12H2,1H3. The molecule has 0 saturated heterocycles. The number of hydrogen-bond donors (Lipinski definition) is 1. The molecule has 2 N–H and O–H groups in total. The van der Waals surface area contributed by atoms with Crippen LogP contribution in [0.15, 0.2) is 30.5 Å². The number of nitrogens with zero attached hydrogens (tertiary/aromatic N) is 3. The van der Waals surface area contributed by atoms with E-state index in [4.69, 9.17) is 5.73 Å². The van der Waals surface area contributed by atoms with Crippen LogP contribution in [0.1, 0.15) is 16.1 Å². The summed E-state index contributed by atoms with van der Waals surface area (Å²) in [7, 11) is 1.34. The number of nitrogens with two attached hydrogens (primary N) is 1. The first-order valence-electron chi connectivity index (χ1n) is 5.04. The second-order valence-corrected chi connectivity index (χ2v) is 3.38. The molecule has 6 heteroatoms. The van der Waals surface area contributed by atoms with Crippen LogP contribution in [0.2, 0.25) is 0 Å². The molecule has 0 spiro atoms. The van der Waals surface area contributed by atoms with Crippen LogP contribution in [0.5, 0.6) is 0 Å². The fourth-order valence-corrected chi connectivity index (χ4v) is 1.50. The van der Waals surface area contributed by atoms with Crippen LogP contribution in [-0.4, -0.2) is 28.1 Å². The zero-order valence-electron chi connectivity index (χ0n) is 9.33. The van der Waals surface area contributed by atoms with Crippen LogP contribution >= 0.6 is 0 Å². The van der Waals surface area contributed by atoms with Crippen LogP contribution in [0, 0.1) is 0 Å². The highest BCUT2D eigenvalue weighted by molar-refractivity contribution is 5.89. The molecular formula is C11H12N4O2. The van der Waals surface area contributed by atoms with Gasteiger partial charge >= 0.3 is 5.97 Å². The van der Waals surface area contributed by atoms with Crippen molar-refractivity contribution in [1.29, 1.82) is 0 Å². The molecular weight excluding hydrogens is 220 g/mol. The molecule has 0 fully saturated rings. The van der Waals surface area contributed by atoms with Crippen molar-refractivity contribution in [3.63, 3.8) is 0 Å². The van der Waals surface area contributed by atoms with E-state index in [1.165, 1.54) is 7.11 Å². The minimum atomic E-state index is -0.388. The molecule has 0 aliphatic carbocycles. The Balaban J connectivity index is 2.43. The van der Waals surface area contributed by atoms with E-state index >= 15 is 0 Å². The van der Waals surface area contributed by atoms with E-state index in [1.807, 2.05) is 6.07 Å². The molecule has 1 aromatic heterocycles. The first-order valence-corrected chi connectivity index (χ1v) is 5.04. The van der Waals surface area contributed by atoms with Crippen molar-refractivity contribution in [1.82, 2.24) is 15.0 Å². The molecule has 2 rings (SSSR count). The van der Waals surface area contributed by atoms with Crippen molar-refractivity contribution >= 4 is 5.97 Å². The Morgan fingerprint density at radius 1 is 1.53 bits per heavy atom. The minimum absolute atomic E-state index is 0.329. The van der Waals surface area contributed by atoms with Gasteiger partial charge in [0.15, 0.2) is 0 Å². The Bertz CT molecular complexity index is 536. The molecule has 0 aliphatic heterocycles. The quantitative estimate of drug-likeness (QED) is 0.780.